The van der Waals surface area contributed by atoms with Crippen LogP contribution in [0.15, 0.2) is 28.1 Å². The number of rotatable bonds is 2. The lowest BCUT2D eigenvalue weighted by molar-refractivity contribution is 0.0678. The maximum Gasteiger partial charge on any atom is 0.256 e. The van der Waals surface area contributed by atoms with Crippen molar-refractivity contribution >= 4 is 17.2 Å². The Labute approximate surface area is 150 Å². The first-order valence-electron chi connectivity index (χ1n) is 8.47. The second kappa shape index (κ2) is 5.88. The molecule has 130 valence electrons. The Balaban J connectivity index is 1.70. The fraction of sp³-hybridized carbons (Fsp3) is 0.368. The molecule has 1 aliphatic heterocycles. The van der Waals surface area contributed by atoms with E-state index in [-0.39, 0.29) is 11.9 Å². The number of fused-ring (bicyclic) bond motifs is 1. The molecule has 6 heteroatoms. The third-order valence-electron chi connectivity index (χ3n) is 5.04. The predicted molar refractivity (Wildman–Crippen MR) is 97.5 cm³/mol. The zero-order valence-corrected chi connectivity index (χ0v) is 15.7. The number of hydrogen-bond donors (Lipinski definition) is 0. The maximum atomic E-state index is 13.2. The summed E-state index contributed by atoms with van der Waals surface area (Å²) in [5.74, 6) is 1.56. The van der Waals surface area contributed by atoms with Crippen molar-refractivity contribution in [3.05, 3.63) is 56.7 Å². The molecular formula is C19H21N3O2S. The van der Waals surface area contributed by atoms with E-state index < -0.39 is 0 Å². The zero-order chi connectivity index (χ0) is 17.7. The molecule has 3 aromatic heterocycles. The Bertz CT molecular complexity index is 950. The van der Waals surface area contributed by atoms with E-state index in [0.29, 0.717) is 0 Å². The van der Waals surface area contributed by atoms with Gasteiger partial charge >= 0.3 is 0 Å². The fourth-order valence-corrected chi connectivity index (χ4v) is 4.69. The van der Waals surface area contributed by atoms with Crippen LogP contribution in [-0.4, -0.2) is 27.1 Å². The van der Waals surface area contributed by atoms with Gasteiger partial charge in [0.1, 0.15) is 5.76 Å². The van der Waals surface area contributed by atoms with E-state index >= 15 is 0 Å². The summed E-state index contributed by atoms with van der Waals surface area (Å²) in [7, 11) is 0. The van der Waals surface area contributed by atoms with E-state index in [4.69, 9.17) is 4.52 Å². The van der Waals surface area contributed by atoms with Crippen LogP contribution in [0, 0.1) is 20.8 Å². The maximum absolute atomic E-state index is 13.2. The van der Waals surface area contributed by atoms with Gasteiger partial charge in [-0.25, -0.2) is 0 Å². The summed E-state index contributed by atoms with van der Waals surface area (Å²) in [6.07, 6.45) is 0.935. The first-order chi connectivity index (χ1) is 12.0. The van der Waals surface area contributed by atoms with Crippen LogP contribution >= 0.6 is 11.3 Å². The van der Waals surface area contributed by atoms with E-state index in [1.54, 1.807) is 11.3 Å². The second-order valence-electron chi connectivity index (χ2n) is 6.64. The summed E-state index contributed by atoms with van der Waals surface area (Å²) in [6, 6.07) is 6.10. The fourth-order valence-electron chi connectivity index (χ4n) is 3.73. The van der Waals surface area contributed by atoms with Gasteiger partial charge in [-0.1, -0.05) is 5.16 Å². The van der Waals surface area contributed by atoms with E-state index in [2.05, 4.69) is 23.5 Å². The Morgan fingerprint density at radius 3 is 2.84 bits per heavy atom. The van der Waals surface area contributed by atoms with E-state index in [9.17, 15) is 4.79 Å². The largest absolute Gasteiger partial charge is 0.360 e. The Morgan fingerprint density at radius 1 is 1.32 bits per heavy atom. The molecule has 3 aromatic rings. The van der Waals surface area contributed by atoms with Crippen molar-refractivity contribution in [3.8, 4) is 5.82 Å². The molecule has 1 aliphatic rings. The number of hydrogen-bond acceptors (Lipinski definition) is 4. The second-order valence-corrected chi connectivity index (χ2v) is 7.64. The first kappa shape index (κ1) is 16.1. The molecule has 0 N–H and O–H groups in total. The minimum atomic E-state index is 0.0870. The van der Waals surface area contributed by atoms with Gasteiger partial charge in [-0.05, 0) is 57.2 Å². The van der Waals surface area contributed by atoms with Crippen molar-refractivity contribution in [3.63, 3.8) is 0 Å². The summed E-state index contributed by atoms with van der Waals surface area (Å²) in [4.78, 5) is 16.6. The molecule has 1 amide bonds. The summed E-state index contributed by atoms with van der Waals surface area (Å²) in [5, 5.41) is 6.21. The molecule has 4 rings (SSSR count). The van der Waals surface area contributed by atoms with Crippen molar-refractivity contribution in [2.75, 3.05) is 6.54 Å². The van der Waals surface area contributed by atoms with Crippen LogP contribution in [0.1, 0.15) is 50.9 Å². The predicted octanol–water partition coefficient (Wildman–Crippen LogP) is 4.21. The molecule has 0 aliphatic carbocycles. The van der Waals surface area contributed by atoms with Crippen molar-refractivity contribution in [1.82, 2.24) is 14.6 Å². The highest BCUT2D eigenvalue weighted by Crippen LogP contribution is 2.34. The average Bonchev–Trinajstić information content (AvgIpc) is 3.27. The number of aromatic nitrogens is 2. The lowest BCUT2D eigenvalue weighted by Crippen LogP contribution is -2.38. The quantitative estimate of drug-likeness (QED) is 0.692. The van der Waals surface area contributed by atoms with Crippen LogP contribution in [0.2, 0.25) is 0 Å². The third kappa shape index (κ3) is 2.52. The van der Waals surface area contributed by atoms with Gasteiger partial charge in [0.25, 0.3) is 5.91 Å². The highest BCUT2D eigenvalue weighted by Gasteiger charge is 2.31. The van der Waals surface area contributed by atoms with Crippen LogP contribution in [0.4, 0.5) is 0 Å². The van der Waals surface area contributed by atoms with Crippen molar-refractivity contribution < 1.29 is 9.32 Å². The number of aryl methyl sites for hydroxylation is 2. The SMILES string of the molecule is Cc1cc(-n2c(C)cc(C(=O)N3CCc4sccc4[C@H]3C)c2C)no1. The van der Waals surface area contributed by atoms with Crippen LogP contribution in [0.5, 0.6) is 0 Å². The van der Waals surface area contributed by atoms with Crippen molar-refractivity contribution in [1.29, 1.82) is 0 Å². The molecule has 0 radical (unpaired) electrons. The molecule has 0 unspecified atom stereocenters. The van der Waals surface area contributed by atoms with Gasteiger partial charge in [0.15, 0.2) is 5.82 Å². The molecule has 0 saturated carbocycles. The smallest absolute Gasteiger partial charge is 0.256 e. The van der Waals surface area contributed by atoms with E-state index in [1.165, 1.54) is 10.4 Å². The number of thiophene rings is 1. The van der Waals surface area contributed by atoms with Gasteiger partial charge in [0.05, 0.1) is 11.6 Å². The number of carbonyl (C=O) groups excluding carboxylic acids is 1. The number of amides is 1. The molecule has 0 fully saturated rings. The Kier molecular flexibility index (Phi) is 3.80. The number of carbonyl (C=O) groups is 1. The Morgan fingerprint density at radius 2 is 2.12 bits per heavy atom. The molecule has 0 spiro atoms. The average molecular weight is 355 g/mol. The first-order valence-corrected chi connectivity index (χ1v) is 9.35. The van der Waals surface area contributed by atoms with E-state index in [1.807, 2.05) is 42.4 Å². The van der Waals surface area contributed by atoms with Gasteiger partial charge in [-0.3, -0.25) is 9.36 Å². The summed E-state index contributed by atoms with van der Waals surface area (Å²) in [5.41, 5.74) is 3.91. The lowest BCUT2D eigenvalue weighted by Gasteiger charge is -2.33. The molecule has 5 nitrogen and oxygen atoms in total. The highest BCUT2D eigenvalue weighted by molar-refractivity contribution is 7.10. The standard InChI is InChI=1S/C19H21N3O2S/c1-11-9-16(14(4)22(11)18-10-12(2)24-20-18)19(23)21-7-5-17-15(13(21)3)6-8-25-17/h6,8-10,13H,5,7H2,1-4H3/t13-/m1/s1. The summed E-state index contributed by atoms with van der Waals surface area (Å²) < 4.78 is 7.18. The van der Waals surface area contributed by atoms with Crippen LogP contribution in [0.25, 0.3) is 5.82 Å². The molecular weight excluding hydrogens is 334 g/mol. The van der Waals surface area contributed by atoms with Crippen LogP contribution in [-0.2, 0) is 6.42 Å². The molecule has 4 heterocycles. The van der Waals surface area contributed by atoms with Gasteiger partial charge in [0.2, 0.25) is 0 Å². The topological polar surface area (TPSA) is 51.3 Å². The molecule has 0 saturated heterocycles. The minimum Gasteiger partial charge on any atom is -0.360 e. The third-order valence-corrected chi connectivity index (χ3v) is 6.04. The normalized spacial score (nSPS) is 17.0. The van der Waals surface area contributed by atoms with Crippen LogP contribution < -0.4 is 0 Å². The lowest BCUT2D eigenvalue weighted by atomic mass is 10.0. The van der Waals surface area contributed by atoms with Crippen molar-refractivity contribution in [2.24, 2.45) is 0 Å². The van der Waals surface area contributed by atoms with Gasteiger partial charge in [-0.2, -0.15) is 0 Å². The number of nitrogens with zero attached hydrogens (tertiary/aromatic N) is 3. The summed E-state index contributed by atoms with van der Waals surface area (Å²) >= 11 is 1.79. The molecule has 1 atom stereocenters. The summed E-state index contributed by atoms with van der Waals surface area (Å²) in [6.45, 7) is 8.70. The van der Waals surface area contributed by atoms with Crippen molar-refractivity contribution in [2.45, 2.75) is 40.2 Å². The molecule has 0 aromatic carbocycles. The molecule has 25 heavy (non-hydrogen) atoms. The minimum absolute atomic E-state index is 0.0870. The van der Waals surface area contributed by atoms with Gasteiger partial charge < -0.3 is 9.42 Å². The molecule has 0 bridgehead atoms. The van der Waals surface area contributed by atoms with E-state index in [0.717, 1.165) is 41.5 Å². The Hall–Kier alpha value is -2.34. The zero-order valence-electron chi connectivity index (χ0n) is 14.9. The van der Waals surface area contributed by atoms with Gasteiger partial charge in [0, 0.05) is 28.9 Å². The monoisotopic (exact) mass is 355 g/mol. The van der Waals surface area contributed by atoms with Crippen LogP contribution in [0.3, 0.4) is 0 Å². The highest BCUT2D eigenvalue weighted by atomic mass is 32.1. The van der Waals surface area contributed by atoms with Gasteiger partial charge in [-0.15, -0.1) is 11.3 Å².